The second kappa shape index (κ2) is 4.13. The van der Waals surface area contributed by atoms with Crippen molar-refractivity contribution in [2.75, 3.05) is 18.6 Å². The lowest BCUT2D eigenvalue weighted by Gasteiger charge is -2.22. The van der Waals surface area contributed by atoms with E-state index in [2.05, 4.69) is 30.6 Å². The summed E-state index contributed by atoms with van der Waals surface area (Å²) in [4.78, 5) is 11.1. The monoisotopic (exact) mass is 179 g/mol. The van der Waals surface area contributed by atoms with E-state index in [0.29, 0.717) is 11.5 Å². The van der Waals surface area contributed by atoms with E-state index in [-0.39, 0.29) is 5.91 Å². The van der Waals surface area contributed by atoms with Gasteiger partial charge in [-0.25, -0.2) is 0 Å². The van der Waals surface area contributed by atoms with Gasteiger partial charge in [0.15, 0.2) is 0 Å². The van der Waals surface area contributed by atoms with Crippen LogP contribution in [0.15, 0.2) is 0 Å². The average Bonchev–Trinajstić information content (AvgIpc) is 2.01. The Hall–Kier alpha value is 0.170. The minimum Gasteiger partial charge on any atom is -0.359 e. The van der Waals surface area contributed by atoms with Gasteiger partial charge in [-0.15, -0.1) is 0 Å². The maximum atomic E-state index is 11.1. The zero-order valence-electron chi connectivity index (χ0n) is 6.22. The van der Waals surface area contributed by atoms with E-state index < -0.39 is 5.41 Å². The summed E-state index contributed by atoms with van der Waals surface area (Å²) in [6, 6.07) is 0. The van der Waals surface area contributed by atoms with Gasteiger partial charge >= 0.3 is 0 Å². The molecule has 60 valence electrons. The van der Waals surface area contributed by atoms with E-state index in [1.807, 2.05) is 6.92 Å². The number of carbonyl (C=O) groups is 1. The molecule has 0 aliphatic carbocycles. The number of hydrogen-bond donors (Lipinski definition) is 3. The first-order valence-electron chi connectivity index (χ1n) is 3.04. The summed E-state index contributed by atoms with van der Waals surface area (Å²) in [5.41, 5.74) is -0.430. The third kappa shape index (κ3) is 2.09. The van der Waals surface area contributed by atoms with Crippen molar-refractivity contribution >= 4 is 31.2 Å². The van der Waals surface area contributed by atoms with E-state index in [4.69, 9.17) is 0 Å². The minimum absolute atomic E-state index is 0.00231. The molecule has 0 fully saturated rings. The molecule has 0 bridgehead atoms. The molecule has 0 aromatic carbocycles. The lowest BCUT2D eigenvalue weighted by atomic mass is 9.95. The summed E-state index contributed by atoms with van der Waals surface area (Å²) in [5.74, 6) is 1.05. The molecule has 0 atom stereocenters. The van der Waals surface area contributed by atoms with Gasteiger partial charge in [0.2, 0.25) is 5.91 Å². The SMILES string of the molecule is CNC(=O)C(C)(CS)CS. The quantitative estimate of drug-likeness (QED) is 0.544. The summed E-state index contributed by atoms with van der Waals surface area (Å²) in [6.07, 6.45) is 0. The summed E-state index contributed by atoms with van der Waals surface area (Å²) in [5, 5.41) is 2.57. The molecule has 0 aliphatic rings. The second-order valence-corrected chi connectivity index (χ2v) is 3.09. The molecule has 0 spiro atoms. The fourth-order valence-electron chi connectivity index (χ4n) is 0.495. The van der Waals surface area contributed by atoms with Crippen LogP contribution >= 0.6 is 25.3 Å². The van der Waals surface area contributed by atoms with Crippen LogP contribution in [0, 0.1) is 5.41 Å². The van der Waals surface area contributed by atoms with E-state index in [1.54, 1.807) is 7.05 Å². The van der Waals surface area contributed by atoms with Crippen molar-refractivity contribution in [2.24, 2.45) is 5.41 Å². The van der Waals surface area contributed by atoms with Crippen molar-refractivity contribution in [3.05, 3.63) is 0 Å². The van der Waals surface area contributed by atoms with Crippen LogP contribution in [0.25, 0.3) is 0 Å². The van der Waals surface area contributed by atoms with E-state index >= 15 is 0 Å². The first-order valence-corrected chi connectivity index (χ1v) is 4.31. The maximum absolute atomic E-state index is 11.1. The molecule has 1 N–H and O–H groups in total. The normalized spacial score (nSPS) is 11.2. The Bertz CT molecular complexity index is 123. The van der Waals surface area contributed by atoms with Crippen LogP contribution in [-0.2, 0) is 4.79 Å². The van der Waals surface area contributed by atoms with E-state index in [9.17, 15) is 4.79 Å². The van der Waals surface area contributed by atoms with Crippen molar-refractivity contribution in [2.45, 2.75) is 6.92 Å². The molecule has 0 unspecified atom stereocenters. The van der Waals surface area contributed by atoms with E-state index in [1.165, 1.54) is 0 Å². The largest absolute Gasteiger partial charge is 0.359 e. The fourth-order valence-corrected chi connectivity index (χ4v) is 1.18. The summed E-state index contributed by atoms with van der Waals surface area (Å²) in [6.45, 7) is 1.84. The van der Waals surface area contributed by atoms with Crippen LogP contribution in [0.5, 0.6) is 0 Å². The fraction of sp³-hybridized carbons (Fsp3) is 0.833. The highest BCUT2D eigenvalue weighted by atomic mass is 32.1. The van der Waals surface area contributed by atoms with Gasteiger partial charge in [0.25, 0.3) is 0 Å². The van der Waals surface area contributed by atoms with Crippen molar-refractivity contribution in [1.29, 1.82) is 0 Å². The van der Waals surface area contributed by atoms with Crippen LogP contribution in [-0.4, -0.2) is 24.5 Å². The van der Waals surface area contributed by atoms with Crippen LogP contribution in [0.4, 0.5) is 0 Å². The molecule has 0 rings (SSSR count). The molecule has 0 heterocycles. The number of amides is 1. The topological polar surface area (TPSA) is 29.1 Å². The van der Waals surface area contributed by atoms with Gasteiger partial charge < -0.3 is 5.32 Å². The van der Waals surface area contributed by atoms with Crippen LogP contribution in [0.1, 0.15) is 6.92 Å². The average molecular weight is 179 g/mol. The van der Waals surface area contributed by atoms with Gasteiger partial charge in [-0.1, -0.05) is 0 Å². The molecule has 10 heavy (non-hydrogen) atoms. The zero-order chi connectivity index (χ0) is 8.20. The van der Waals surface area contributed by atoms with Crippen molar-refractivity contribution in [3.63, 3.8) is 0 Å². The Morgan fingerprint density at radius 1 is 1.50 bits per heavy atom. The molecular weight excluding hydrogens is 166 g/mol. The van der Waals surface area contributed by atoms with Gasteiger partial charge in [0.05, 0.1) is 5.41 Å². The zero-order valence-corrected chi connectivity index (χ0v) is 8.01. The van der Waals surface area contributed by atoms with Crippen molar-refractivity contribution < 1.29 is 4.79 Å². The summed E-state index contributed by atoms with van der Waals surface area (Å²) >= 11 is 8.13. The maximum Gasteiger partial charge on any atom is 0.227 e. The molecule has 0 aliphatic heterocycles. The van der Waals surface area contributed by atoms with Crippen LogP contribution in [0.3, 0.4) is 0 Å². The first kappa shape index (κ1) is 10.2. The number of hydrogen-bond acceptors (Lipinski definition) is 3. The Morgan fingerprint density at radius 2 is 1.90 bits per heavy atom. The second-order valence-electron chi connectivity index (χ2n) is 2.46. The highest BCUT2D eigenvalue weighted by Crippen LogP contribution is 2.19. The standard InChI is InChI=1S/C6H13NOS2/c1-6(3-9,4-10)5(8)7-2/h9-10H,3-4H2,1-2H3,(H,7,8). The summed E-state index contributed by atoms with van der Waals surface area (Å²) in [7, 11) is 1.62. The third-order valence-electron chi connectivity index (χ3n) is 1.47. The molecule has 4 heteroatoms. The highest BCUT2D eigenvalue weighted by Gasteiger charge is 2.28. The molecule has 0 radical (unpaired) electrons. The number of thiol groups is 2. The smallest absolute Gasteiger partial charge is 0.227 e. The summed E-state index contributed by atoms with van der Waals surface area (Å²) < 4.78 is 0. The van der Waals surface area contributed by atoms with Gasteiger partial charge in [-0.05, 0) is 6.92 Å². The van der Waals surface area contributed by atoms with Crippen LogP contribution < -0.4 is 5.32 Å². The Morgan fingerprint density at radius 3 is 2.00 bits per heavy atom. The minimum atomic E-state index is -0.430. The predicted molar refractivity (Wildman–Crippen MR) is 49.9 cm³/mol. The Balaban J connectivity index is 4.17. The van der Waals surface area contributed by atoms with Gasteiger partial charge in [-0.3, -0.25) is 4.79 Å². The van der Waals surface area contributed by atoms with Crippen LogP contribution in [0.2, 0.25) is 0 Å². The lowest BCUT2D eigenvalue weighted by molar-refractivity contribution is -0.127. The third-order valence-corrected chi connectivity index (χ3v) is 2.87. The van der Waals surface area contributed by atoms with E-state index in [0.717, 1.165) is 0 Å². The number of nitrogens with one attached hydrogen (secondary N) is 1. The molecule has 0 aromatic heterocycles. The molecule has 2 nitrogen and oxygen atoms in total. The molecule has 0 saturated heterocycles. The number of carbonyl (C=O) groups excluding carboxylic acids is 1. The predicted octanol–water partition coefficient (Wildman–Crippen LogP) is 0.598. The van der Waals surface area contributed by atoms with Gasteiger partial charge in [0.1, 0.15) is 0 Å². The lowest BCUT2D eigenvalue weighted by Crippen LogP contribution is -2.39. The highest BCUT2D eigenvalue weighted by molar-refractivity contribution is 7.81. The molecule has 0 saturated carbocycles. The molecule has 1 amide bonds. The van der Waals surface area contributed by atoms with Crippen molar-refractivity contribution in [3.8, 4) is 0 Å². The Kier molecular flexibility index (Phi) is 4.20. The first-order chi connectivity index (χ1) is 4.60. The molecule has 0 aromatic rings. The van der Waals surface area contributed by atoms with Gasteiger partial charge in [-0.2, -0.15) is 25.3 Å². The van der Waals surface area contributed by atoms with Crippen molar-refractivity contribution in [1.82, 2.24) is 5.32 Å². The van der Waals surface area contributed by atoms with Gasteiger partial charge in [0, 0.05) is 18.6 Å². The number of rotatable bonds is 3. The molecular formula is C6H13NOS2. The Labute approximate surface area is 72.6 Å².